The number of hydrogen-bond donors (Lipinski definition) is 2. The Kier molecular flexibility index (Phi) is 6.56. The molecule has 0 spiro atoms. The molecule has 1 aliphatic heterocycles. The van der Waals surface area contributed by atoms with Gasteiger partial charge in [0.15, 0.2) is 16.4 Å². The highest BCUT2D eigenvalue weighted by molar-refractivity contribution is 7.91. The molecule has 1 heterocycles. The number of carbonyl (C=O) groups excluding carboxylic acids is 3. The third kappa shape index (κ3) is 6.03. The second kappa shape index (κ2) is 8.65. The minimum Gasteiger partial charge on any atom is -0.497 e. The summed E-state index contributed by atoms with van der Waals surface area (Å²) in [6.45, 7) is -0.927. The molecule has 1 aromatic carbocycles. The van der Waals surface area contributed by atoms with E-state index in [1.54, 1.807) is 24.3 Å². The van der Waals surface area contributed by atoms with Crippen molar-refractivity contribution in [3.05, 3.63) is 29.8 Å². The van der Waals surface area contributed by atoms with Gasteiger partial charge in [0, 0.05) is 11.6 Å². The quantitative estimate of drug-likeness (QED) is 0.593. The van der Waals surface area contributed by atoms with Crippen molar-refractivity contribution in [2.24, 2.45) is 0 Å². The van der Waals surface area contributed by atoms with Crippen LogP contribution in [0.25, 0.3) is 0 Å². The van der Waals surface area contributed by atoms with Gasteiger partial charge in [0.05, 0.1) is 18.6 Å². The lowest BCUT2D eigenvalue weighted by Gasteiger charge is -2.11. The van der Waals surface area contributed by atoms with Crippen LogP contribution in [0.3, 0.4) is 0 Å². The number of nitrogens with one attached hydrogen (secondary N) is 2. The molecule has 1 fully saturated rings. The molecule has 0 saturated carbocycles. The van der Waals surface area contributed by atoms with Crippen LogP contribution < -0.4 is 15.4 Å². The molecule has 10 heteroatoms. The summed E-state index contributed by atoms with van der Waals surface area (Å²) in [5, 5.41) is 4.88. The van der Waals surface area contributed by atoms with E-state index in [0.717, 1.165) is 0 Å². The van der Waals surface area contributed by atoms with Crippen molar-refractivity contribution in [3.8, 4) is 5.75 Å². The van der Waals surface area contributed by atoms with E-state index in [9.17, 15) is 22.8 Å². The summed E-state index contributed by atoms with van der Waals surface area (Å²) in [7, 11) is -1.59. The Morgan fingerprint density at radius 1 is 1.19 bits per heavy atom. The van der Waals surface area contributed by atoms with E-state index in [0.29, 0.717) is 17.7 Å². The predicted octanol–water partition coefficient (Wildman–Crippen LogP) is -0.728. The van der Waals surface area contributed by atoms with Crippen molar-refractivity contribution in [1.29, 1.82) is 0 Å². The smallest absolute Gasteiger partial charge is 0.325 e. The van der Waals surface area contributed by atoms with Gasteiger partial charge in [0.1, 0.15) is 12.3 Å². The maximum absolute atomic E-state index is 11.9. The normalized spacial score (nSPS) is 18.0. The fraction of sp³-hybridized carbons (Fsp3) is 0.438. The largest absolute Gasteiger partial charge is 0.497 e. The molecule has 0 aliphatic carbocycles. The summed E-state index contributed by atoms with van der Waals surface area (Å²) in [5.74, 6) is -1.30. The van der Waals surface area contributed by atoms with E-state index >= 15 is 0 Å². The number of ether oxygens (including phenoxy) is 2. The number of esters is 1. The second-order valence-corrected chi connectivity index (χ2v) is 7.97. The topological polar surface area (TPSA) is 128 Å². The first-order valence-electron chi connectivity index (χ1n) is 7.87. The summed E-state index contributed by atoms with van der Waals surface area (Å²) in [6, 6.07) is 5.85. The Morgan fingerprint density at radius 3 is 2.46 bits per heavy atom. The van der Waals surface area contributed by atoms with Crippen molar-refractivity contribution in [2.45, 2.75) is 12.5 Å². The van der Waals surface area contributed by atoms with E-state index in [2.05, 4.69) is 10.6 Å². The molecule has 1 aliphatic rings. The average Bonchev–Trinajstić information content (AvgIpc) is 2.96. The van der Waals surface area contributed by atoms with Crippen LogP contribution >= 0.6 is 0 Å². The second-order valence-electron chi connectivity index (χ2n) is 5.74. The van der Waals surface area contributed by atoms with Gasteiger partial charge in [-0.3, -0.25) is 14.4 Å². The highest BCUT2D eigenvalue weighted by Gasteiger charge is 2.29. The molecule has 1 aromatic rings. The summed E-state index contributed by atoms with van der Waals surface area (Å²) < 4.78 is 32.4. The molecule has 1 atom stereocenters. The average molecular weight is 384 g/mol. The molecule has 2 amide bonds. The van der Waals surface area contributed by atoms with Crippen LogP contribution in [0.15, 0.2) is 24.3 Å². The van der Waals surface area contributed by atoms with Gasteiger partial charge in [-0.05, 0) is 30.7 Å². The third-order valence-corrected chi connectivity index (χ3v) is 5.48. The van der Waals surface area contributed by atoms with Gasteiger partial charge in [0.2, 0.25) is 0 Å². The molecule has 0 radical (unpaired) electrons. The van der Waals surface area contributed by atoms with Crippen molar-refractivity contribution in [2.75, 3.05) is 31.8 Å². The van der Waals surface area contributed by atoms with Crippen LogP contribution in [0.5, 0.6) is 5.75 Å². The number of sulfone groups is 1. The van der Waals surface area contributed by atoms with Gasteiger partial charge in [-0.15, -0.1) is 0 Å². The lowest BCUT2D eigenvalue weighted by atomic mass is 10.2. The Morgan fingerprint density at radius 2 is 1.88 bits per heavy atom. The fourth-order valence-electron chi connectivity index (χ4n) is 2.37. The molecular formula is C16H20N2O7S. The van der Waals surface area contributed by atoms with E-state index in [1.807, 2.05) is 0 Å². The van der Waals surface area contributed by atoms with Crippen LogP contribution in [-0.2, 0) is 24.2 Å². The standard InChI is InChI=1S/C16H20N2O7S/c1-24-13-4-2-11(3-5-13)16(21)17-8-15(20)25-9-14(19)18-12-6-7-26(22,23)10-12/h2-5,12H,6-10H2,1H3,(H,17,21)(H,18,19)/t12-/m0/s1. The molecule has 26 heavy (non-hydrogen) atoms. The van der Waals surface area contributed by atoms with E-state index in [-0.39, 0.29) is 11.5 Å². The zero-order valence-electron chi connectivity index (χ0n) is 14.2. The third-order valence-electron chi connectivity index (χ3n) is 3.71. The summed E-state index contributed by atoms with van der Waals surface area (Å²) in [4.78, 5) is 35.1. The Bertz CT molecular complexity index is 774. The monoisotopic (exact) mass is 384 g/mol. The number of rotatable bonds is 7. The van der Waals surface area contributed by atoms with Crippen LogP contribution in [0.4, 0.5) is 0 Å². The Hall–Kier alpha value is -2.62. The van der Waals surface area contributed by atoms with Crippen LogP contribution in [0.1, 0.15) is 16.8 Å². The first kappa shape index (κ1) is 19.7. The number of hydrogen-bond acceptors (Lipinski definition) is 7. The highest BCUT2D eigenvalue weighted by atomic mass is 32.2. The van der Waals surface area contributed by atoms with Gasteiger partial charge in [-0.2, -0.15) is 0 Å². The number of carbonyl (C=O) groups is 3. The lowest BCUT2D eigenvalue weighted by molar-refractivity contribution is -0.147. The minimum absolute atomic E-state index is 0.0368. The molecule has 2 rings (SSSR count). The number of methoxy groups -OCH3 is 1. The van der Waals surface area contributed by atoms with Crippen molar-refractivity contribution >= 4 is 27.6 Å². The molecule has 0 aromatic heterocycles. The van der Waals surface area contributed by atoms with Crippen molar-refractivity contribution < 1.29 is 32.3 Å². The SMILES string of the molecule is COc1ccc(C(=O)NCC(=O)OCC(=O)N[C@H]2CCS(=O)(=O)C2)cc1. The zero-order chi connectivity index (χ0) is 19.2. The van der Waals surface area contributed by atoms with Crippen molar-refractivity contribution in [1.82, 2.24) is 10.6 Å². The molecule has 9 nitrogen and oxygen atoms in total. The maximum Gasteiger partial charge on any atom is 0.325 e. The summed E-state index contributed by atoms with van der Waals surface area (Å²) in [5.41, 5.74) is 0.346. The molecule has 2 N–H and O–H groups in total. The molecule has 1 saturated heterocycles. The lowest BCUT2D eigenvalue weighted by Crippen LogP contribution is -2.39. The zero-order valence-corrected chi connectivity index (χ0v) is 15.0. The highest BCUT2D eigenvalue weighted by Crippen LogP contribution is 2.11. The van der Waals surface area contributed by atoms with Gasteiger partial charge in [-0.25, -0.2) is 8.42 Å². The summed E-state index contributed by atoms with van der Waals surface area (Å²) in [6.07, 6.45) is 0.347. The van der Waals surface area contributed by atoms with E-state index in [1.165, 1.54) is 7.11 Å². The first-order chi connectivity index (χ1) is 12.3. The van der Waals surface area contributed by atoms with Gasteiger partial charge in [-0.1, -0.05) is 0 Å². The van der Waals surface area contributed by atoms with Gasteiger partial charge >= 0.3 is 5.97 Å². The Balaban J connectivity index is 1.68. The molecule has 0 unspecified atom stereocenters. The van der Waals surface area contributed by atoms with Crippen molar-refractivity contribution in [3.63, 3.8) is 0 Å². The maximum atomic E-state index is 11.9. The fourth-order valence-corrected chi connectivity index (χ4v) is 4.05. The van der Waals surface area contributed by atoms with E-state index < -0.39 is 46.8 Å². The Labute approximate surface area is 151 Å². The van der Waals surface area contributed by atoms with Crippen LogP contribution in [-0.4, -0.2) is 64.0 Å². The van der Waals surface area contributed by atoms with Gasteiger partial charge < -0.3 is 20.1 Å². The predicted molar refractivity (Wildman–Crippen MR) is 91.5 cm³/mol. The van der Waals surface area contributed by atoms with Gasteiger partial charge in [0.25, 0.3) is 11.8 Å². The van der Waals surface area contributed by atoms with Crippen LogP contribution in [0.2, 0.25) is 0 Å². The number of amides is 2. The number of benzene rings is 1. The molecule has 0 bridgehead atoms. The molecule has 142 valence electrons. The first-order valence-corrected chi connectivity index (χ1v) is 9.69. The van der Waals surface area contributed by atoms with Crippen LogP contribution in [0, 0.1) is 0 Å². The minimum atomic E-state index is -3.10. The van der Waals surface area contributed by atoms with E-state index in [4.69, 9.17) is 9.47 Å². The molecular weight excluding hydrogens is 364 g/mol. The summed E-state index contributed by atoms with van der Waals surface area (Å²) >= 11 is 0.